The average molecular weight is 343 g/mol. The number of hydrogen-bond acceptors (Lipinski definition) is 3. The summed E-state index contributed by atoms with van der Waals surface area (Å²) in [5.41, 5.74) is 1.39. The zero-order valence-corrected chi connectivity index (χ0v) is 15.1. The zero-order valence-electron chi connectivity index (χ0n) is 15.1. The van der Waals surface area contributed by atoms with Crippen molar-refractivity contribution >= 4 is 17.5 Å². The van der Waals surface area contributed by atoms with Gasteiger partial charge in [-0.2, -0.15) is 0 Å². The Hall–Kier alpha value is -1.88. The number of carbonyl (C=O) groups excluding carboxylic acids is 2. The Kier molecular flexibility index (Phi) is 6.08. The molecule has 0 aromatic heterocycles. The maximum atomic E-state index is 12.7. The zero-order chi connectivity index (χ0) is 17.6. The predicted molar refractivity (Wildman–Crippen MR) is 99.6 cm³/mol. The Morgan fingerprint density at radius 3 is 2.44 bits per heavy atom. The molecule has 1 aromatic carbocycles. The maximum Gasteiger partial charge on any atom is 0.253 e. The molecule has 136 valence electrons. The van der Waals surface area contributed by atoms with Gasteiger partial charge < -0.3 is 15.5 Å². The Balaban J connectivity index is 1.61. The quantitative estimate of drug-likeness (QED) is 0.883. The molecule has 1 aromatic rings. The minimum absolute atomic E-state index is 0.0586. The second-order valence-electron chi connectivity index (χ2n) is 7.26. The third-order valence-electron chi connectivity index (χ3n) is 5.54. The van der Waals surface area contributed by atoms with Crippen LogP contribution in [0.2, 0.25) is 0 Å². The van der Waals surface area contributed by atoms with E-state index >= 15 is 0 Å². The van der Waals surface area contributed by atoms with Gasteiger partial charge in [0.1, 0.15) is 0 Å². The summed E-state index contributed by atoms with van der Waals surface area (Å²) in [6, 6.07) is 7.87. The molecule has 0 bridgehead atoms. The van der Waals surface area contributed by atoms with E-state index in [1.165, 1.54) is 6.42 Å². The van der Waals surface area contributed by atoms with E-state index in [1.807, 2.05) is 36.2 Å². The van der Waals surface area contributed by atoms with Crippen molar-refractivity contribution in [3.8, 4) is 0 Å². The molecule has 2 N–H and O–H groups in total. The van der Waals surface area contributed by atoms with Gasteiger partial charge in [-0.3, -0.25) is 9.59 Å². The Labute approximate surface area is 150 Å². The molecule has 3 rings (SSSR count). The van der Waals surface area contributed by atoms with Gasteiger partial charge in [0.05, 0.1) is 0 Å². The normalized spacial score (nSPS) is 19.6. The molecule has 25 heavy (non-hydrogen) atoms. The molecule has 1 saturated carbocycles. The van der Waals surface area contributed by atoms with Gasteiger partial charge >= 0.3 is 0 Å². The minimum Gasteiger partial charge on any atom is -0.339 e. The molecule has 0 unspecified atom stereocenters. The lowest BCUT2D eigenvalue weighted by Gasteiger charge is -2.32. The van der Waals surface area contributed by atoms with Crippen LogP contribution in [0.1, 0.15) is 55.3 Å². The molecule has 1 saturated heterocycles. The summed E-state index contributed by atoms with van der Waals surface area (Å²) in [7, 11) is 1.97. The van der Waals surface area contributed by atoms with Crippen molar-refractivity contribution in [2.75, 3.05) is 25.5 Å². The van der Waals surface area contributed by atoms with E-state index in [2.05, 4.69) is 10.6 Å². The standard InChI is InChI=1S/C20H29N3O2/c1-21-17-10-12-23(13-11-17)20(25)16-8-5-9-18(14-16)22-19(24)15-6-3-2-4-7-15/h5,8-9,14-15,17,21H,2-4,6-7,10-13H2,1H3,(H,22,24). The first-order valence-electron chi connectivity index (χ1n) is 9.55. The van der Waals surface area contributed by atoms with E-state index in [0.29, 0.717) is 11.6 Å². The molecule has 0 spiro atoms. The van der Waals surface area contributed by atoms with Crippen LogP contribution >= 0.6 is 0 Å². The predicted octanol–water partition coefficient (Wildman–Crippen LogP) is 3.03. The lowest BCUT2D eigenvalue weighted by Crippen LogP contribution is -2.43. The van der Waals surface area contributed by atoms with Crippen molar-refractivity contribution in [3.05, 3.63) is 29.8 Å². The molecule has 1 heterocycles. The number of anilines is 1. The van der Waals surface area contributed by atoms with Gasteiger partial charge in [-0.25, -0.2) is 0 Å². The number of rotatable bonds is 4. The van der Waals surface area contributed by atoms with Crippen LogP contribution < -0.4 is 10.6 Å². The number of benzene rings is 1. The lowest BCUT2D eigenvalue weighted by atomic mass is 9.88. The fourth-order valence-electron chi connectivity index (χ4n) is 3.89. The molecular weight excluding hydrogens is 314 g/mol. The van der Waals surface area contributed by atoms with Crippen LogP contribution in [-0.2, 0) is 4.79 Å². The summed E-state index contributed by atoms with van der Waals surface area (Å²) >= 11 is 0. The van der Waals surface area contributed by atoms with Crippen molar-refractivity contribution in [1.29, 1.82) is 0 Å². The maximum absolute atomic E-state index is 12.7. The van der Waals surface area contributed by atoms with Crippen molar-refractivity contribution in [1.82, 2.24) is 10.2 Å². The first-order valence-corrected chi connectivity index (χ1v) is 9.55. The minimum atomic E-state index is 0.0586. The van der Waals surface area contributed by atoms with E-state index in [1.54, 1.807) is 0 Å². The highest BCUT2D eigenvalue weighted by molar-refractivity contribution is 5.97. The van der Waals surface area contributed by atoms with Gasteiger partial charge in [0.2, 0.25) is 5.91 Å². The third-order valence-corrected chi connectivity index (χ3v) is 5.54. The van der Waals surface area contributed by atoms with Crippen molar-refractivity contribution in [2.45, 2.75) is 51.0 Å². The first-order chi connectivity index (χ1) is 12.2. The summed E-state index contributed by atoms with van der Waals surface area (Å²) in [6.07, 6.45) is 7.44. The van der Waals surface area contributed by atoms with Crippen LogP contribution in [0.4, 0.5) is 5.69 Å². The summed E-state index contributed by atoms with van der Waals surface area (Å²) < 4.78 is 0. The smallest absolute Gasteiger partial charge is 0.253 e. The van der Waals surface area contributed by atoms with Gasteiger partial charge in [-0.15, -0.1) is 0 Å². The topological polar surface area (TPSA) is 61.4 Å². The van der Waals surface area contributed by atoms with Crippen LogP contribution in [0.15, 0.2) is 24.3 Å². The molecule has 2 aliphatic rings. The molecular formula is C20H29N3O2. The van der Waals surface area contributed by atoms with E-state index in [9.17, 15) is 9.59 Å². The van der Waals surface area contributed by atoms with Crippen molar-refractivity contribution in [2.24, 2.45) is 5.92 Å². The summed E-state index contributed by atoms with van der Waals surface area (Å²) in [5.74, 6) is 0.274. The molecule has 1 aliphatic heterocycles. The largest absolute Gasteiger partial charge is 0.339 e. The lowest BCUT2D eigenvalue weighted by molar-refractivity contribution is -0.120. The highest BCUT2D eigenvalue weighted by Gasteiger charge is 2.24. The molecule has 0 atom stereocenters. The van der Waals surface area contributed by atoms with Crippen LogP contribution in [0.5, 0.6) is 0 Å². The summed E-state index contributed by atoms with van der Waals surface area (Å²) in [4.78, 5) is 27.0. The second kappa shape index (κ2) is 8.48. The number of piperidine rings is 1. The highest BCUT2D eigenvalue weighted by atomic mass is 16.2. The number of amides is 2. The highest BCUT2D eigenvalue weighted by Crippen LogP contribution is 2.25. The molecule has 1 aliphatic carbocycles. The van der Waals surface area contributed by atoms with Crippen LogP contribution in [0.3, 0.4) is 0 Å². The SMILES string of the molecule is CNC1CCN(C(=O)c2cccc(NC(=O)C3CCCCC3)c2)CC1. The Bertz CT molecular complexity index is 603. The molecule has 0 radical (unpaired) electrons. The van der Waals surface area contributed by atoms with E-state index in [4.69, 9.17) is 0 Å². The molecule has 2 fully saturated rings. The third kappa shape index (κ3) is 4.60. The van der Waals surface area contributed by atoms with Crippen LogP contribution in [-0.4, -0.2) is 42.9 Å². The molecule has 5 heteroatoms. The molecule has 2 amide bonds. The number of nitrogens with zero attached hydrogens (tertiary/aromatic N) is 1. The van der Waals surface area contributed by atoms with Crippen molar-refractivity contribution in [3.63, 3.8) is 0 Å². The fourth-order valence-corrected chi connectivity index (χ4v) is 3.89. The number of hydrogen-bond donors (Lipinski definition) is 2. The van der Waals surface area contributed by atoms with E-state index in [0.717, 1.165) is 57.3 Å². The van der Waals surface area contributed by atoms with Crippen LogP contribution in [0.25, 0.3) is 0 Å². The average Bonchev–Trinajstić information content (AvgIpc) is 2.68. The van der Waals surface area contributed by atoms with E-state index < -0.39 is 0 Å². The van der Waals surface area contributed by atoms with E-state index in [-0.39, 0.29) is 17.7 Å². The van der Waals surface area contributed by atoms with Gasteiger partial charge in [-0.05, 0) is 50.9 Å². The van der Waals surface area contributed by atoms with Crippen LogP contribution in [0, 0.1) is 5.92 Å². The molecule has 5 nitrogen and oxygen atoms in total. The van der Waals surface area contributed by atoms with Gasteiger partial charge in [0.25, 0.3) is 5.91 Å². The van der Waals surface area contributed by atoms with Gasteiger partial charge in [0, 0.05) is 36.3 Å². The van der Waals surface area contributed by atoms with Gasteiger partial charge in [-0.1, -0.05) is 25.3 Å². The second-order valence-corrected chi connectivity index (χ2v) is 7.26. The fraction of sp³-hybridized carbons (Fsp3) is 0.600. The Morgan fingerprint density at radius 1 is 1.04 bits per heavy atom. The number of nitrogens with one attached hydrogen (secondary N) is 2. The summed E-state index contributed by atoms with van der Waals surface area (Å²) in [5, 5.41) is 6.29. The monoisotopic (exact) mass is 343 g/mol. The number of likely N-dealkylation sites (tertiary alicyclic amines) is 1. The summed E-state index contributed by atoms with van der Waals surface area (Å²) in [6.45, 7) is 1.56. The Morgan fingerprint density at radius 2 is 1.76 bits per heavy atom. The van der Waals surface area contributed by atoms with Crippen molar-refractivity contribution < 1.29 is 9.59 Å². The van der Waals surface area contributed by atoms with Gasteiger partial charge in [0.15, 0.2) is 0 Å². The first kappa shape index (κ1) is 17.9. The number of carbonyl (C=O) groups is 2.